The van der Waals surface area contributed by atoms with Gasteiger partial charge in [0, 0.05) is 12.1 Å². The van der Waals surface area contributed by atoms with Crippen LogP contribution in [0.2, 0.25) is 0 Å². The maximum Gasteiger partial charge on any atom is 0.244 e. The van der Waals surface area contributed by atoms with E-state index in [9.17, 15) is 4.79 Å². The van der Waals surface area contributed by atoms with E-state index in [1.165, 1.54) is 18.4 Å². The van der Waals surface area contributed by atoms with Gasteiger partial charge in [0.2, 0.25) is 5.91 Å². The quantitative estimate of drug-likeness (QED) is 0.660. The number of hydrogen-bond donors (Lipinski definition) is 2. The van der Waals surface area contributed by atoms with Crippen molar-refractivity contribution >= 4 is 18.1 Å². The zero-order valence-electron chi connectivity index (χ0n) is 13.3. The molecule has 0 saturated heterocycles. The molecule has 6 heteroatoms. The average Bonchev–Trinajstić information content (AvgIpc) is 3.22. The molecule has 0 aliphatic heterocycles. The van der Waals surface area contributed by atoms with Crippen molar-refractivity contribution in [2.75, 3.05) is 0 Å². The van der Waals surface area contributed by atoms with Crippen molar-refractivity contribution in [1.29, 1.82) is 0 Å². The predicted molar refractivity (Wildman–Crippen MR) is 87.9 cm³/mol. The van der Waals surface area contributed by atoms with E-state index in [0.717, 1.165) is 31.5 Å². The van der Waals surface area contributed by atoms with Gasteiger partial charge >= 0.3 is 0 Å². The maximum absolute atomic E-state index is 12.2. The van der Waals surface area contributed by atoms with E-state index in [0.29, 0.717) is 17.4 Å². The average molecular weight is 320 g/mol. The molecule has 0 atom stereocenters. The Balaban J connectivity index is 1.64. The highest BCUT2D eigenvalue weighted by Gasteiger charge is 2.28. The van der Waals surface area contributed by atoms with Crippen molar-refractivity contribution in [3.8, 4) is 0 Å². The predicted octanol–water partition coefficient (Wildman–Crippen LogP) is 3.42. The number of allylic oxidation sites excluding steroid dienone is 1. The monoisotopic (exact) mass is 320 g/mol. The zero-order chi connectivity index (χ0) is 15.7. The normalized spacial score (nSPS) is 22.7. The van der Waals surface area contributed by atoms with Gasteiger partial charge in [-0.05, 0) is 49.7 Å². The van der Waals surface area contributed by atoms with Crippen LogP contribution in [0.15, 0.2) is 11.6 Å². The lowest BCUT2D eigenvalue weighted by Crippen LogP contribution is -2.26. The molecule has 1 heterocycles. The summed E-state index contributed by atoms with van der Waals surface area (Å²) in [5, 5.41) is 10.0. The van der Waals surface area contributed by atoms with Gasteiger partial charge in [-0.25, -0.2) is 0 Å². The maximum atomic E-state index is 12.2. The highest BCUT2D eigenvalue weighted by molar-refractivity contribution is 7.71. The minimum absolute atomic E-state index is 0.0266. The first kappa shape index (κ1) is 15.5. The molecule has 1 aromatic heterocycles. The minimum atomic E-state index is -0.0266. The summed E-state index contributed by atoms with van der Waals surface area (Å²) in [6.45, 7) is 4.87. The van der Waals surface area contributed by atoms with Crippen LogP contribution in [-0.4, -0.2) is 20.7 Å². The number of amides is 1. The molecule has 0 aromatic carbocycles. The molecule has 120 valence electrons. The molecule has 2 aliphatic carbocycles. The molecule has 2 fully saturated rings. The fourth-order valence-electron chi connectivity index (χ4n) is 3.20. The summed E-state index contributed by atoms with van der Waals surface area (Å²) < 4.78 is 2.69. The van der Waals surface area contributed by atoms with Gasteiger partial charge in [0.05, 0.1) is 6.54 Å². The van der Waals surface area contributed by atoms with Gasteiger partial charge in [-0.1, -0.05) is 25.8 Å². The second-order valence-electron chi connectivity index (χ2n) is 7.02. The van der Waals surface area contributed by atoms with Gasteiger partial charge in [0.25, 0.3) is 0 Å². The fraction of sp³-hybridized carbons (Fsp3) is 0.688. The highest BCUT2D eigenvalue weighted by Crippen LogP contribution is 2.39. The molecule has 1 aromatic rings. The lowest BCUT2D eigenvalue weighted by Gasteiger charge is -2.32. The van der Waals surface area contributed by atoms with Gasteiger partial charge in [-0.3, -0.25) is 14.5 Å². The first-order valence-electron chi connectivity index (χ1n) is 8.12. The molecule has 22 heavy (non-hydrogen) atoms. The Morgan fingerprint density at radius 2 is 2.27 bits per heavy atom. The number of carbonyl (C=O) groups excluding carboxylic acids is 1. The van der Waals surface area contributed by atoms with Gasteiger partial charge in [0.15, 0.2) is 10.6 Å². The van der Waals surface area contributed by atoms with Gasteiger partial charge in [0.1, 0.15) is 0 Å². The van der Waals surface area contributed by atoms with Crippen LogP contribution in [0, 0.1) is 10.2 Å². The van der Waals surface area contributed by atoms with Gasteiger partial charge in [-0.2, -0.15) is 5.10 Å². The molecular weight excluding hydrogens is 296 g/mol. The number of carbonyl (C=O) groups is 1. The largest absolute Gasteiger partial charge is 0.345 e. The second kappa shape index (κ2) is 5.99. The molecule has 0 radical (unpaired) electrons. The summed E-state index contributed by atoms with van der Waals surface area (Å²) in [6, 6.07) is 0.466. The molecule has 3 rings (SSSR count). The van der Waals surface area contributed by atoms with Crippen LogP contribution in [0.5, 0.6) is 0 Å². The van der Waals surface area contributed by atoms with Crippen molar-refractivity contribution in [3.05, 3.63) is 22.2 Å². The number of H-pyrrole nitrogens is 1. The van der Waals surface area contributed by atoms with Crippen LogP contribution in [-0.2, 0) is 11.3 Å². The second-order valence-corrected chi connectivity index (χ2v) is 7.41. The summed E-state index contributed by atoms with van der Waals surface area (Å²) in [4.78, 5) is 12.2. The molecule has 2 aliphatic rings. The van der Waals surface area contributed by atoms with Gasteiger partial charge in [-0.15, -0.1) is 0 Å². The zero-order valence-corrected chi connectivity index (χ0v) is 14.1. The SMILES string of the molecule is CC1(C)CCCCC1=CC(=O)NCc1n[nH]c(=S)n1C1CC1. The lowest BCUT2D eigenvalue weighted by atomic mass is 9.73. The summed E-state index contributed by atoms with van der Waals surface area (Å²) >= 11 is 5.25. The lowest BCUT2D eigenvalue weighted by molar-refractivity contribution is -0.116. The molecule has 2 saturated carbocycles. The molecule has 2 N–H and O–H groups in total. The Bertz CT molecular complexity index is 651. The minimum Gasteiger partial charge on any atom is -0.345 e. The summed E-state index contributed by atoms with van der Waals surface area (Å²) in [5.74, 6) is 0.795. The molecular formula is C16H24N4OS. The van der Waals surface area contributed by atoms with Crippen molar-refractivity contribution in [2.24, 2.45) is 5.41 Å². The molecule has 5 nitrogen and oxygen atoms in total. The number of hydrogen-bond acceptors (Lipinski definition) is 3. The van der Waals surface area contributed by atoms with Crippen molar-refractivity contribution in [1.82, 2.24) is 20.1 Å². The van der Waals surface area contributed by atoms with Crippen LogP contribution < -0.4 is 5.32 Å². The molecule has 0 spiro atoms. The number of aromatic amines is 1. The van der Waals surface area contributed by atoms with Crippen molar-refractivity contribution < 1.29 is 4.79 Å². The number of nitrogens with one attached hydrogen (secondary N) is 2. The topological polar surface area (TPSA) is 62.7 Å². The van der Waals surface area contributed by atoms with E-state index >= 15 is 0 Å². The van der Waals surface area contributed by atoms with E-state index in [1.54, 1.807) is 6.08 Å². The Hall–Kier alpha value is -1.43. The third kappa shape index (κ3) is 3.32. The first-order chi connectivity index (χ1) is 10.5. The fourth-order valence-corrected chi connectivity index (χ4v) is 3.50. The Morgan fingerprint density at radius 3 is 2.95 bits per heavy atom. The van der Waals surface area contributed by atoms with Crippen molar-refractivity contribution in [3.63, 3.8) is 0 Å². The summed E-state index contributed by atoms with van der Waals surface area (Å²) in [6.07, 6.45) is 8.71. The van der Waals surface area contributed by atoms with Crippen molar-refractivity contribution in [2.45, 2.75) is 65.0 Å². The Labute approximate surface area is 136 Å². The molecule has 1 amide bonds. The molecule has 0 unspecified atom stereocenters. The summed E-state index contributed by atoms with van der Waals surface area (Å²) in [7, 11) is 0. The van der Waals surface area contributed by atoms with Crippen LogP contribution in [0.1, 0.15) is 64.2 Å². The smallest absolute Gasteiger partial charge is 0.244 e. The van der Waals surface area contributed by atoms with Crippen LogP contribution in [0.4, 0.5) is 0 Å². The van der Waals surface area contributed by atoms with E-state index < -0.39 is 0 Å². The number of rotatable bonds is 4. The van der Waals surface area contributed by atoms with Crippen LogP contribution in [0.3, 0.4) is 0 Å². The van der Waals surface area contributed by atoms with E-state index in [1.807, 2.05) is 4.57 Å². The van der Waals surface area contributed by atoms with Crippen LogP contribution in [0.25, 0.3) is 0 Å². The Kier molecular flexibility index (Phi) is 4.21. The number of nitrogens with zero attached hydrogens (tertiary/aromatic N) is 2. The highest BCUT2D eigenvalue weighted by atomic mass is 32.1. The number of aromatic nitrogens is 3. The Morgan fingerprint density at radius 1 is 1.50 bits per heavy atom. The standard InChI is InChI=1S/C16H24N4OS/c1-16(2)8-4-3-5-11(16)9-14(21)17-10-13-18-19-15(22)20(13)12-6-7-12/h9,12H,3-8,10H2,1-2H3,(H,17,21)(H,19,22). The first-order valence-corrected chi connectivity index (χ1v) is 8.53. The van der Waals surface area contributed by atoms with Crippen LogP contribution >= 0.6 is 12.2 Å². The summed E-state index contributed by atoms with van der Waals surface area (Å²) in [5.41, 5.74) is 1.40. The third-order valence-corrected chi connectivity index (χ3v) is 5.07. The van der Waals surface area contributed by atoms with E-state index in [4.69, 9.17) is 12.2 Å². The third-order valence-electron chi connectivity index (χ3n) is 4.78. The van der Waals surface area contributed by atoms with E-state index in [2.05, 4.69) is 29.4 Å². The van der Waals surface area contributed by atoms with Gasteiger partial charge < -0.3 is 5.32 Å². The van der Waals surface area contributed by atoms with E-state index in [-0.39, 0.29) is 11.3 Å². The molecule has 0 bridgehead atoms.